The van der Waals surface area contributed by atoms with E-state index in [9.17, 15) is 26.0 Å². The van der Waals surface area contributed by atoms with Crippen LogP contribution in [0.15, 0.2) is 24.3 Å². The van der Waals surface area contributed by atoms with E-state index in [1.165, 1.54) is 0 Å². The third-order valence-electron chi connectivity index (χ3n) is 1.54. The Morgan fingerprint density at radius 1 is 1.19 bits per heavy atom. The van der Waals surface area contributed by atoms with Gasteiger partial charge in [0, 0.05) is 0 Å². The van der Waals surface area contributed by atoms with Gasteiger partial charge in [-0.3, -0.25) is 0 Å². The molecule has 1 rings (SSSR count). The van der Waals surface area contributed by atoms with Crippen molar-refractivity contribution in [2.45, 2.75) is 6.18 Å². The van der Waals surface area contributed by atoms with Gasteiger partial charge in [-0.25, -0.2) is 4.39 Å². The van der Waals surface area contributed by atoms with Crippen LogP contribution < -0.4 is 4.18 Å². The summed E-state index contributed by atoms with van der Waals surface area (Å²) in [6.07, 6.45) is -4.76. The van der Waals surface area contributed by atoms with Crippen LogP contribution in [0.25, 0.3) is 0 Å². The highest BCUT2D eigenvalue weighted by Crippen LogP contribution is 2.36. The van der Waals surface area contributed by atoms with E-state index in [4.69, 9.17) is 0 Å². The van der Waals surface area contributed by atoms with Crippen molar-refractivity contribution in [3.63, 3.8) is 0 Å². The van der Waals surface area contributed by atoms with Crippen LogP contribution in [0.1, 0.15) is 5.56 Å². The Morgan fingerprint density at radius 2 is 1.75 bits per heavy atom. The van der Waals surface area contributed by atoms with E-state index in [1.54, 1.807) is 0 Å². The van der Waals surface area contributed by atoms with Gasteiger partial charge < -0.3 is 4.18 Å². The van der Waals surface area contributed by atoms with Crippen molar-refractivity contribution >= 4 is 10.1 Å². The Bertz CT molecular complexity index is 466. The van der Waals surface area contributed by atoms with Crippen molar-refractivity contribution in [2.24, 2.45) is 0 Å². The molecule has 0 bridgehead atoms. The number of hydrogen-bond donors (Lipinski definition) is 0. The third-order valence-corrected chi connectivity index (χ3v) is 2.24. The van der Waals surface area contributed by atoms with Crippen LogP contribution in [0.3, 0.4) is 0 Å². The van der Waals surface area contributed by atoms with Crippen molar-refractivity contribution in [3.05, 3.63) is 29.8 Å². The first-order valence-corrected chi connectivity index (χ1v) is 5.48. The van der Waals surface area contributed by atoms with Gasteiger partial charge >= 0.3 is 16.3 Å². The number of hydrogen-bond acceptors (Lipinski definition) is 3. The van der Waals surface area contributed by atoms with Gasteiger partial charge in [-0.05, 0) is 12.1 Å². The normalized spacial score (nSPS) is 12.5. The van der Waals surface area contributed by atoms with Crippen molar-refractivity contribution in [1.82, 2.24) is 0 Å². The van der Waals surface area contributed by atoms with E-state index in [2.05, 4.69) is 4.18 Å². The molecule has 90 valence electrons. The second kappa shape index (κ2) is 4.28. The quantitative estimate of drug-likeness (QED) is 0.617. The maximum Gasteiger partial charge on any atom is 0.420 e. The molecule has 1 aromatic carbocycles. The van der Waals surface area contributed by atoms with Crippen LogP contribution >= 0.6 is 0 Å². The molecule has 0 spiro atoms. The fourth-order valence-electron chi connectivity index (χ4n) is 0.933. The highest BCUT2D eigenvalue weighted by molar-refractivity contribution is 7.86. The summed E-state index contributed by atoms with van der Waals surface area (Å²) in [5, 5.41) is 0. The summed E-state index contributed by atoms with van der Waals surface area (Å²) in [7, 11) is -4.62. The van der Waals surface area contributed by atoms with E-state index in [1.807, 2.05) is 0 Å². The summed E-state index contributed by atoms with van der Waals surface area (Å²) in [4.78, 5) is 0. The molecule has 0 atom stereocenters. The van der Waals surface area contributed by atoms with Crippen LogP contribution in [0.4, 0.5) is 17.6 Å². The molecule has 0 heterocycles. The molecule has 0 saturated carbocycles. The molecule has 0 saturated heterocycles. The van der Waals surface area contributed by atoms with E-state index in [0.717, 1.165) is 18.2 Å². The minimum Gasteiger partial charge on any atom is -0.380 e. The van der Waals surface area contributed by atoms with Crippen LogP contribution in [0.5, 0.6) is 5.75 Å². The first-order chi connectivity index (χ1) is 7.26. The highest BCUT2D eigenvalue weighted by atomic mass is 32.2. The predicted octanol–water partition coefficient (Wildman–Crippen LogP) is 2.34. The number of rotatable bonds is 3. The lowest BCUT2D eigenvalue weighted by molar-refractivity contribution is -0.138. The first-order valence-electron chi connectivity index (χ1n) is 3.90. The fraction of sp³-hybridized carbons (Fsp3) is 0.250. The van der Waals surface area contributed by atoms with Gasteiger partial charge in [0.25, 0.3) is 0 Å². The minimum absolute atomic E-state index is 0.642. The second-order valence-corrected chi connectivity index (χ2v) is 4.24. The van der Waals surface area contributed by atoms with Gasteiger partial charge in [-0.2, -0.15) is 21.6 Å². The van der Waals surface area contributed by atoms with Crippen LogP contribution in [-0.4, -0.2) is 14.4 Å². The average Bonchev–Trinajstić information content (AvgIpc) is 2.16. The lowest BCUT2D eigenvalue weighted by Crippen LogP contribution is -2.14. The van der Waals surface area contributed by atoms with Crippen molar-refractivity contribution in [1.29, 1.82) is 0 Å². The lowest BCUT2D eigenvalue weighted by atomic mass is 10.2. The van der Waals surface area contributed by atoms with Gasteiger partial charge in [-0.1, -0.05) is 12.1 Å². The second-order valence-electron chi connectivity index (χ2n) is 2.74. The minimum atomic E-state index is -4.76. The molecule has 0 N–H and O–H groups in total. The number of alkyl halides is 4. The van der Waals surface area contributed by atoms with E-state index in [0.29, 0.717) is 6.07 Å². The maximum atomic E-state index is 12.4. The van der Waals surface area contributed by atoms with Crippen molar-refractivity contribution < 1.29 is 30.2 Å². The Labute approximate surface area is 88.8 Å². The van der Waals surface area contributed by atoms with Gasteiger partial charge in [0.1, 0.15) is 0 Å². The van der Waals surface area contributed by atoms with Crippen LogP contribution in [-0.2, 0) is 16.3 Å². The monoisotopic (exact) mass is 258 g/mol. The smallest absolute Gasteiger partial charge is 0.380 e. The summed E-state index contributed by atoms with van der Waals surface area (Å²) >= 11 is 0. The lowest BCUT2D eigenvalue weighted by Gasteiger charge is -2.11. The SMILES string of the molecule is O=S(=O)(CF)Oc1ccccc1C(F)(F)F. The van der Waals surface area contributed by atoms with Gasteiger partial charge in [0.05, 0.1) is 5.56 Å². The number of para-hydroxylation sites is 1. The molecule has 0 aliphatic rings. The fourth-order valence-corrected chi connectivity index (χ4v) is 1.40. The molecular formula is C8H6F4O3S. The average molecular weight is 258 g/mol. The molecule has 8 heteroatoms. The highest BCUT2D eigenvalue weighted by Gasteiger charge is 2.35. The number of halogens is 4. The summed E-state index contributed by atoms with van der Waals surface area (Å²) < 4.78 is 74.3. The molecule has 0 amide bonds. The van der Waals surface area contributed by atoms with Crippen LogP contribution in [0, 0.1) is 0 Å². The standard InChI is InChI=1S/C8H6F4O3S/c9-5-16(13,14)15-7-4-2-1-3-6(7)8(10,11)12/h1-4H,5H2. The largest absolute Gasteiger partial charge is 0.420 e. The molecule has 0 aliphatic carbocycles. The topological polar surface area (TPSA) is 43.4 Å². The molecule has 3 nitrogen and oxygen atoms in total. The third kappa shape index (κ3) is 3.09. The van der Waals surface area contributed by atoms with E-state index < -0.39 is 33.6 Å². The molecule has 0 fully saturated rings. The van der Waals surface area contributed by atoms with E-state index >= 15 is 0 Å². The summed E-state index contributed by atoms with van der Waals surface area (Å²) in [6.45, 7) is 0. The summed E-state index contributed by atoms with van der Waals surface area (Å²) in [5.74, 6) is -0.937. The van der Waals surface area contributed by atoms with Crippen molar-refractivity contribution in [3.8, 4) is 5.75 Å². The Balaban J connectivity index is 3.16. The summed E-state index contributed by atoms with van der Waals surface area (Å²) in [5.41, 5.74) is -1.27. The molecular weight excluding hydrogens is 252 g/mol. The van der Waals surface area contributed by atoms with Gasteiger partial charge in [-0.15, -0.1) is 0 Å². The maximum absolute atomic E-state index is 12.4. The molecule has 0 aromatic heterocycles. The molecule has 16 heavy (non-hydrogen) atoms. The molecule has 0 radical (unpaired) electrons. The Hall–Kier alpha value is -1.31. The zero-order valence-corrected chi connectivity index (χ0v) is 8.48. The predicted molar refractivity (Wildman–Crippen MR) is 47.0 cm³/mol. The zero-order chi connectivity index (χ0) is 12.4. The summed E-state index contributed by atoms with van der Waals surface area (Å²) in [6, 6.07) is 1.77. The molecule has 0 unspecified atom stereocenters. The zero-order valence-electron chi connectivity index (χ0n) is 7.66. The van der Waals surface area contributed by atoms with E-state index in [-0.39, 0.29) is 0 Å². The van der Waals surface area contributed by atoms with Crippen LogP contribution in [0.2, 0.25) is 0 Å². The number of benzene rings is 1. The molecule has 1 aromatic rings. The van der Waals surface area contributed by atoms with Gasteiger partial charge in [0.15, 0.2) is 5.75 Å². The van der Waals surface area contributed by atoms with Gasteiger partial charge in [0.2, 0.25) is 6.01 Å². The van der Waals surface area contributed by atoms with Crippen molar-refractivity contribution in [2.75, 3.05) is 6.01 Å². The molecule has 0 aliphatic heterocycles. The first kappa shape index (κ1) is 12.8. The Morgan fingerprint density at radius 3 is 2.25 bits per heavy atom. The Kier molecular flexibility index (Phi) is 3.41.